The molecule has 0 saturated carbocycles. The van der Waals surface area contributed by atoms with E-state index in [4.69, 9.17) is 16.6 Å². The zero-order chi connectivity index (χ0) is 43.2. The Morgan fingerprint density at radius 1 is 0.968 bits per heavy atom. The molecule has 0 radical (unpaired) electrons. The minimum absolute atomic E-state index is 0.0416. The molecule has 2 saturated heterocycles. The van der Waals surface area contributed by atoms with Gasteiger partial charge in [-0.2, -0.15) is 0 Å². The van der Waals surface area contributed by atoms with Crippen molar-refractivity contribution in [3.63, 3.8) is 0 Å². The number of halogens is 1. The van der Waals surface area contributed by atoms with E-state index in [9.17, 15) is 18.1 Å². The first-order valence-corrected chi connectivity index (χ1v) is 23.1. The fourth-order valence-corrected chi connectivity index (χ4v) is 10.2. The fourth-order valence-electron chi connectivity index (χ4n) is 9.09. The van der Waals surface area contributed by atoms with Gasteiger partial charge in [-0.3, -0.25) is 19.5 Å². The highest BCUT2D eigenvalue weighted by Gasteiger charge is 2.30. The minimum Gasteiger partial charge on any atom is -0.380 e. The van der Waals surface area contributed by atoms with E-state index in [1.165, 1.54) is 34.9 Å². The first kappa shape index (κ1) is 41.7. The minimum atomic E-state index is -4.42. The van der Waals surface area contributed by atoms with E-state index >= 15 is 0 Å². The lowest BCUT2D eigenvalue weighted by Crippen LogP contribution is -2.47. The van der Waals surface area contributed by atoms with Crippen LogP contribution in [0.3, 0.4) is 0 Å². The number of nitrogens with zero attached hydrogens (tertiary/aromatic N) is 7. The number of rotatable bonds is 11. The largest absolute Gasteiger partial charge is 0.380 e. The summed E-state index contributed by atoms with van der Waals surface area (Å²) in [5.41, 5.74) is 8.21. The van der Waals surface area contributed by atoms with Gasteiger partial charge >= 0.3 is 0 Å². The summed E-state index contributed by atoms with van der Waals surface area (Å²) in [4.78, 5) is 42.0. The number of allylic oxidation sites excluding steroid dienone is 1. The van der Waals surface area contributed by atoms with Crippen molar-refractivity contribution >= 4 is 72.2 Å². The molecule has 0 unspecified atom stereocenters. The van der Waals surface area contributed by atoms with Crippen LogP contribution in [0.15, 0.2) is 101 Å². The number of amides is 1. The van der Waals surface area contributed by atoms with Crippen LogP contribution in [-0.4, -0.2) is 103 Å². The Morgan fingerprint density at radius 2 is 1.74 bits per heavy atom. The predicted octanol–water partition coefficient (Wildman–Crippen LogP) is 8.36. The van der Waals surface area contributed by atoms with Crippen LogP contribution in [0, 0.1) is 10.3 Å². The first-order chi connectivity index (χ1) is 29.8. The first-order valence-electron chi connectivity index (χ1n) is 21.2. The maximum atomic E-state index is 14.2. The van der Waals surface area contributed by atoms with Crippen molar-refractivity contribution in [1.82, 2.24) is 34.3 Å². The van der Waals surface area contributed by atoms with Gasteiger partial charge in [-0.05, 0) is 135 Å². The van der Waals surface area contributed by atoms with Gasteiger partial charge in [-0.15, -0.1) is 4.91 Å². The maximum Gasteiger partial charge on any atom is 0.267 e. The number of hydrogen-bond donors (Lipinski definition) is 3. The average Bonchev–Trinajstić information content (AvgIpc) is 3.91. The number of anilines is 2. The number of piperazine rings is 1. The number of benzene rings is 3. The quantitative estimate of drug-likeness (QED) is 0.108. The van der Waals surface area contributed by atoms with Gasteiger partial charge in [0.05, 0.1) is 27.4 Å². The Balaban J connectivity index is 0.976. The van der Waals surface area contributed by atoms with Gasteiger partial charge < -0.3 is 15.1 Å². The summed E-state index contributed by atoms with van der Waals surface area (Å²) >= 11 is 6.26. The Morgan fingerprint density at radius 3 is 2.50 bits per heavy atom. The molecule has 2 aliphatic heterocycles. The summed E-state index contributed by atoms with van der Waals surface area (Å²) in [5, 5.41) is 11.3. The van der Waals surface area contributed by atoms with Crippen LogP contribution < -0.4 is 14.9 Å². The highest BCUT2D eigenvalue weighted by atomic mass is 35.5. The molecular formula is C46H51ClN10O4S. The number of likely N-dealkylation sites (tertiary alicyclic amines) is 1. The SMILES string of the molecule is CN1CCC(Nc2ccc(S(=O)(=O)NC(=O)c3ccc(N4CCN(CC5=C(c6ccc(Cl)cc6)CC(C)(C)CC5)CC4)cc3-n3[nH]cc4nc5nccc5cc43)cc2N=O)CC1. The van der Waals surface area contributed by atoms with Crippen LogP contribution in [0.4, 0.5) is 17.1 Å². The molecule has 14 nitrogen and oxygen atoms in total. The van der Waals surface area contributed by atoms with Gasteiger partial charge in [0.25, 0.3) is 15.9 Å². The zero-order valence-corrected chi connectivity index (χ0v) is 36.8. The fraction of sp³-hybridized carbons (Fsp3) is 0.370. The second-order valence-corrected chi connectivity index (χ2v) is 19.8. The van der Waals surface area contributed by atoms with Crippen molar-refractivity contribution in [1.29, 1.82) is 0 Å². The highest BCUT2D eigenvalue weighted by molar-refractivity contribution is 7.90. The van der Waals surface area contributed by atoms with E-state index in [2.05, 4.69) is 73.0 Å². The van der Waals surface area contributed by atoms with E-state index in [1.807, 2.05) is 36.4 Å². The summed E-state index contributed by atoms with van der Waals surface area (Å²) in [6.07, 6.45) is 8.44. The van der Waals surface area contributed by atoms with Crippen molar-refractivity contribution in [2.24, 2.45) is 10.6 Å². The molecule has 3 aliphatic rings. The second kappa shape index (κ2) is 16.9. The molecule has 5 heterocycles. The Bertz CT molecular complexity index is 2800. The van der Waals surface area contributed by atoms with Gasteiger partial charge in [-0.25, -0.2) is 23.1 Å². The van der Waals surface area contributed by atoms with Gasteiger partial charge in [0.15, 0.2) is 5.65 Å². The summed E-state index contributed by atoms with van der Waals surface area (Å²) in [6, 6.07) is 21.7. The molecule has 6 aromatic rings. The lowest BCUT2D eigenvalue weighted by atomic mass is 9.72. The summed E-state index contributed by atoms with van der Waals surface area (Å²) < 4.78 is 31.7. The van der Waals surface area contributed by atoms with E-state index in [1.54, 1.807) is 23.1 Å². The molecule has 1 aliphatic carbocycles. The van der Waals surface area contributed by atoms with Crippen LogP contribution in [0.1, 0.15) is 61.9 Å². The third-order valence-corrected chi connectivity index (χ3v) is 14.3. The third-order valence-electron chi connectivity index (χ3n) is 12.7. The normalized spacial score (nSPS) is 18.1. The molecule has 9 rings (SSSR count). The number of nitrogens with one attached hydrogen (secondary N) is 3. The Kier molecular flexibility index (Phi) is 11.4. The van der Waals surface area contributed by atoms with Crippen LogP contribution in [-0.2, 0) is 10.0 Å². The number of carbonyl (C=O) groups excluding carboxylic acids is 1. The van der Waals surface area contributed by atoms with Crippen LogP contribution in [0.5, 0.6) is 0 Å². The maximum absolute atomic E-state index is 14.2. The number of pyridine rings is 1. The molecule has 1 amide bonds. The molecule has 2 fully saturated rings. The number of sulfonamides is 1. The lowest BCUT2D eigenvalue weighted by molar-refractivity contribution is 0.0981. The van der Waals surface area contributed by atoms with Crippen LogP contribution in [0.25, 0.3) is 33.3 Å². The molecule has 0 spiro atoms. The zero-order valence-electron chi connectivity index (χ0n) is 35.2. The Labute approximate surface area is 366 Å². The number of aromatic nitrogens is 4. The van der Waals surface area contributed by atoms with E-state index in [0.29, 0.717) is 28.1 Å². The number of fused-ring (bicyclic) bond motifs is 2. The molecular weight excluding hydrogens is 824 g/mol. The van der Waals surface area contributed by atoms with Gasteiger partial charge in [0.1, 0.15) is 11.2 Å². The van der Waals surface area contributed by atoms with E-state index in [-0.39, 0.29) is 27.6 Å². The number of carbonyl (C=O) groups is 1. The van der Waals surface area contributed by atoms with Crippen molar-refractivity contribution in [3.8, 4) is 5.69 Å². The van der Waals surface area contributed by atoms with Crippen LogP contribution >= 0.6 is 11.6 Å². The number of hydrogen-bond acceptors (Lipinski definition) is 11. The molecule has 0 atom stereocenters. The Hall–Kier alpha value is -5.61. The summed E-state index contributed by atoms with van der Waals surface area (Å²) in [6.45, 7) is 10.7. The molecule has 0 bridgehead atoms. The summed E-state index contributed by atoms with van der Waals surface area (Å²) in [7, 11) is -2.36. The number of piperidine rings is 1. The molecule has 3 aromatic carbocycles. The lowest BCUT2D eigenvalue weighted by Gasteiger charge is -2.39. The smallest absolute Gasteiger partial charge is 0.267 e. The number of H-pyrrole nitrogens is 1. The number of aromatic amines is 1. The topological polar surface area (TPSA) is 161 Å². The van der Waals surface area contributed by atoms with Crippen molar-refractivity contribution < 1.29 is 13.2 Å². The standard InChI is InChI=1S/C46H51ClN10O4S/c1-46(2)16-12-32(38(27-46)30-4-6-33(47)7-5-30)29-55-20-22-56(23-21-55)35-8-10-37(42(25-35)57-43-24-31-13-17-48-44(31)51-41(43)28-49-57)45(58)53-62(60,61)36-9-11-39(40(26-36)52-59)50-34-14-18-54(3)19-15-34/h4-11,13,17,24-26,28,34,49-50H,12,14-16,18-23,27,29H2,1-3H3,(H,53,58). The molecule has 62 heavy (non-hydrogen) atoms. The van der Waals surface area contributed by atoms with Gasteiger partial charge in [-0.1, -0.05) is 43.2 Å². The molecule has 3 aromatic heterocycles. The average molecular weight is 875 g/mol. The molecule has 3 N–H and O–H groups in total. The van der Waals surface area contributed by atoms with Crippen molar-refractivity contribution in [2.75, 3.05) is 63.1 Å². The predicted molar refractivity (Wildman–Crippen MR) is 246 cm³/mol. The third kappa shape index (κ3) is 8.71. The second-order valence-electron chi connectivity index (χ2n) is 17.7. The van der Waals surface area contributed by atoms with Crippen molar-refractivity contribution in [2.45, 2.75) is 56.9 Å². The van der Waals surface area contributed by atoms with Crippen molar-refractivity contribution in [3.05, 3.63) is 112 Å². The van der Waals surface area contributed by atoms with Gasteiger partial charge in [0.2, 0.25) is 0 Å². The molecule has 322 valence electrons. The summed E-state index contributed by atoms with van der Waals surface area (Å²) in [5.74, 6) is -0.829. The number of nitroso groups, excluding NO2 is 1. The monoisotopic (exact) mass is 874 g/mol. The van der Waals surface area contributed by atoms with E-state index in [0.717, 1.165) is 94.0 Å². The molecule has 16 heteroatoms. The van der Waals surface area contributed by atoms with Crippen LogP contribution in [0.2, 0.25) is 5.02 Å². The highest BCUT2D eigenvalue weighted by Crippen LogP contribution is 2.43. The van der Waals surface area contributed by atoms with Gasteiger partial charge in [0, 0.05) is 67.3 Å². The van der Waals surface area contributed by atoms with E-state index < -0.39 is 15.9 Å².